The summed E-state index contributed by atoms with van der Waals surface area (Å²) < 4.78 is 6.81. The normalized spacial score (nSPS) is 19.7. The molecule has 2 rings (SSSR count). The SMILES string of the molecule is CC(C)CN1CCOC(CNC(=O)c2cccc(I)c2)C1. The largest absolute Gasteiger partial charge is 0.374 e. The lowest BCUT2D eigenvalue weighted by Gasteiger charge is -2.33. The summed E-state index contributed by atoms with van der Waals surface area (Å²) in [7, 11) is 0. The van der Waals surface area contributed by atoms with E-state index in [4.69, 9.17) is 4.74 Å². The first-order valence-electron chi connectivity index (χ1n) is 7.42. The summed E-state index contributed by atoms with van der Waals surface area (Å²) in [4.78, 5) is 14.5. The number of morpholine rings is 1. The third kappa shape index (κ3) is 5.56. The molecule has 0 bridgehead atoms. The predicted octanol–water partition coefficient (Wildman–Crippen LogP) is 2.38. The summed E-state index contributed by atoms with van der Waals surface area (Å²) in [5.74, 6) is 0.628. The molecule has 0 aliphatic carbocycles. The van der Waals surface area contributed by atoms with Crippen molar-refractivity contribution in [1.82, 2.24) is 10.2 Å². The molecule has 1 aromatic carbocycles. The van der Waals surface area contributed by atoms with Gasteiger partial charge >= 0.3 is 0 Å². The standard InChI is InChI=1S/C16H23IN2O2/c1-12(2)10-19-6-7-21-15(11-19)9-18-16(20)13-4-3-5-14(17)8-13/h3-5,8,12,15H,6-7,9-11H2,1-2H3,(H,18,20). The van der Waals surface area contributed by atoms with E-state index >= 15 is 0 Å². The fraction of sp³-hybridized carbons (Fsp3) is 0.562. The van der Waals surface area contributed by atoms with Crippen molar-refractivity contribution in [2.45, 2.75) is 20.0 Å². The quantitative estimate of drug-likeness (QED) is 0.770. The zero-order valence-corrected chi connectivity index (χ0v) is 14.8. The highest BCUT2D eigenvalue weighted by Crippen LogP contribution is 2.09. The maximum atomic E-state index is 12.1. The van der Waals surface area contributed by atoms with E-state index in [9.17, 15) is 4.79 Å². The Bertz CT molecular complexity index is 479. The molecule has 4 nitrogen and oxygen atoms in total. The van der Waals surface area contributed by atoms with E-state index < -0.39 is 0 Å². The van der Waals surface area contributed by atoms with Crippen molar-refractivity contribution in [2.24, 2.45) is 5.92 Å². The molecule has 0 radical (unpaired) electrons. The van der Waals surface area contributed by atoms with Crippen LogP contribution in [-0.2, 0) is 4.74 Å². The van der Waals surface area contributed by atoms with E-state index in [-0.39, 0.29) is 12.0 Å². The number of benzene rings is 1. The number of carbonyl (C=O) groups excluding carboxylic acids is 1. The first-order valence-corrected chi connectivity index (χ1v) is 8.50. The van der Waals surface area contributed by atoms with E-state index in [2.05, 4.69) is 46.7 Å². The Hall–Kier alpha value is -0.660. The summed E-state index contributed by atoms with van der Waals surface area (Å²) in [6.45, 7) is 8.73. The smallest absolute Gasteiger partial charge is 0.251 e. The van der Waals surface area contributed by atoms with Crippen LogP contribution in [0.15, 0.2) is 24.3 Å². The Morgan fingerprint density at radius 1 is 1.52 bits per heavy atom. The van der Waals surface area contributed by atoms with Crippen molar-refractivity contribution in [3.05, 3.63) is 33.4 Å². The Balaban J connectivity index is 1.81. The van der Waals surface area contributed by atoms with Crippen molar-refractivity contribution < 1.29 is 9.53 Å². The van der Waals surface area contributed by atoms with Crippen molar-refractivity contribution in [3.63, 3.8) is 0 Å². The van der Waals surface area contributed by atoms with Crippen LogP contribution < -0.4 is 5.32 Å². The van der Waals surface area contributed by atoms with Gasteiger partial charge in [-0.1, -0.05) is 19.9 Å². The van der Waals surface area contributed by atoms with Crippen LogP contribution in [-0.4, -0.2) is 49.7 Å². The molecule has 1 aliphatic rings. The molecular weight excluding hydrogens is 379 g/mol. The number of hydrogen-bond acceptors (Lipinski definition) is 3. The number of nitrogens with one attached hydrogen (secondary N) is 1. The van der Waals surface area contributed by atoms with Gasteiger partial charge in [0, 0.05) is 35.3 Å². The molecule has 1 aliphatic heterocycles. The summed E-state index contributed by atoms with van der Waals surface area (Å²) >= 11 is 2.21. The number of rotatable bonds is 5. The molecule has 116 valence electrons. The number of hydrogen-bond donors (Lipinski definition) is 1. The van der Waals surface area contributed by atoms with Crippen LogP contribution >= 0.6 is 22.6 Å². The Morgan fingerprint density at radius 3 is 3.05 bits per heavy atom. The zero-order chi connectivity index (χ0) is 15.2. The van der Waals surface area contributed by atoms with Gasteiger partial charge in [0.1, 0.15) is 0 Å². The van der Waals surface area contributed by atoms with E-state index in [0.717, 1.165) is 29.8 Å². The first kappa shape index (κ1) is 16.7. The second-order valence-corrected chi connectivity index (χ2v) is 7.11. The molecule has 0 saturated carbocycles. The highest BCUT2D eigenvalue weighted by molar-refractivity contribution is 14.1. The van der Waals surface area contributed by atoms with Gasteiger partial charge in [-0.2, -0.15) is 0 Å². The molecule has 1 amide bonds. The van der Waals surface area contributed by atoms with Crippen LogP contribution in [0.5, 0.6) is 0 Å². The molecule has 0 aromatic heterocycles. The van der Waals surface area contributed by atoms with Gasteiger partial charge in [-0.15, -0.1) is 0 Å². The molecule has 1 aromatic rings. The van der Waals surface area contributed by atoms with Crippen molar-refractivity contribution in [2.75, 3.05) is 32.8 Å². The predicted molar refractivity (Wildman–Crippen MR) is 92.5 cm³/mol. The van der Waals surface area contributed by atoms with Gasteiger partial charge in [-0.3, -0.25) is 9.69 Å². The van der Waals surface area contributed by atoms with Gasteiger partial charge in [-0.25, -0.2) is 0 Å². The monoisotopic (exact) mass is 402 g/mol. The highest BCUT2D eigenvalue weighted by Gasteiger charge is 2.21. The number of carbonyl (C=O) groups is 1. The van der Waals surface area contributed by atoms with E-state index in [1.54, 1.807) is 0 Å². The van der Waals surface area contributed by atoms with E-state index in [1.165, 1.54) is 0 Å². The molecule has 1 unspecified atom stereocenters. The number of ether oxygens (including phenoxy) is 1. The maximum absolute atomic E-state index is 12.1. The topological polar surface area (TPSA) is 41.6 Å². The molecule has 1 N–H and O–H groups in total. The number of nitrogens with zero attached hydrogens (tertiary/aromatic N) is 1. The fourth-order valence-corrected chi connectivity index (χ4v) is 3.07. The molecule has 0 spiro atoms. The first-order chi connectivity index (χ1) is 10.0. The minimum atomic E-state index is -0.0295. The fourth-order valence-electron chi connectivity index (χ4n) is 2.52. The molecule has 21 heavy (non-hydrogen) atoms. The van der Waals surface area contributed by atoms with E-state index in [1.807, 2.05) is 24.3 Å². The van der Waals surface area contributed by atoms with Gasteiger partial charge in [0.05, 0.1) is 12.7 Å². The lowest BCUT2D eigenvalue weighted by atomic mass is 10.1. The maximum Gasteiger partial charge on any atom is 0.251 e. The minimum Gasteiger partial charge on any atom is -0.374 e. The molecule has 5 heteroatoms. The van der Waals surface area contributed by atoms with Crippen LogP contribution in [0.2, 0.25) is 0 Å². The number of amides is 1. The molecular formula is C16H23IN2O2. The highest BCUT2D eigenvalue weighted by atomic mass is 127. The van der Waals surface area contributed by atoms with Gasteiger partial charge in [0.15, 0.2) is 0 Å². The Labute approximate surface area is 140 Å². The minimum absolute atomic E-state index is 0.0295. The van der Waals surface area contributed by atoms with Crippen LogP contribution in [0.4, 0.5) is 0 Å². The van der Waals surface area contributed by atoms with Crippen molar-refractivity contribution in [1.29, 1.82) is 0 Å². The van der Waals surface area contributed by atoms with Gasteiger partial charge in [-0.05, 0) is 46.7 Å². The lowest BCUT2D eigenvalue weighted by molar-refractivity contribution is -0.0295. The van der Waals surface area contributed by atoms with Gasteiger partial charge in [0.25, 0.3) is 5.91 Å². The van der Waals surface area contributed by atoms with Crippen LogP contribution in [0.3, 0.4) is 0 Å². The third-order valence-corrected chi connectivity index (χ3v) is 4.09. The summed E-state index contributed by atoms with van der Waals surface area (Å²) in [5, 5.41) is 2.98. The second kappa shape index (κ2) is 8.10. The van der Waals surface area contributed by atoms with Crippen LogP contribution in [0.1, 0.15) is 24.2 Å². The molecule has 1 fully saturated rings. The third-order valence-electron chi connectivity index (χ3n) is 3.42. The van der Waals surface area contributed by atoms with E-state index in [0.29, 0.717) is 18.0 Å². The van der Waals surface area contributed by atoms with Gasteiger partial charge < -0.3 is 10.1 Å². The second-order valence-electron chi connectivity index (χ2n) is 5.87. The molecule has 1 atom stereocenters. The molecule has 1 saturated heterocycles. The van der Waals surface area contributed by atoms with Crippen LogP contribution in [0.25, 0.3) is 0 Å². The Morgan fingerprint density at radius 2 is 2.33 bits per heavy atom. The van der Waals surface area contributed by atoms with Gasteiger partial charge in [0.2, 0.25) is 0 Å². The van der Waals surface area contributed by atoms with Crippen LogP contribution in [0, 0.1) is 9.49 Å². The summed E-state index contributed by atoms with van der Waals surface area (Å²) in [6, 6.07) is 7.61. The summed E-state index contributed by atoms with van der Waals surface area (Å²) in [6.07, 6.45) is 0.0873. The Kier molecular flexibility index (Phi) is 6.44. The average molecular weight is 402 g/mol. The lowest BCUT2D eigenvalue weighted by Crippen LogP contribution is -2.48. The number of halogens is 1. The van der Waals surface area contributed by atoms with Crippen molar-refractivity contribution in [3.8, 4) is 0 Å². The van der Waals surface area contributed by atoms with Crippen molar-refractivity contribution >= 4 is 28.5 Å². The summed E-state index contributed by atoms with van der Waals surface area (Å²) in [5.41, 5.74) is 0.705. The molecule has 1 heterocycles. The average Bonchev–Trinajstić information content (AvgIpc) is 2.44. The zero-order valence-electron chi connectivity index (χ0n) is 12.6.